The second-order valence-corrected chi connectivity index (χ2v) is 5.37. The minimum atomic E-state index is 1.02. The van der Waals surface area contributed by atoms with Gasteiger partial charge in [0.25, 0.3) is 0 Å². The third kappa shape index (κ3) is 2.33. The summed E-state index contributed by atoms with van der Waals surface area (Å²) in [7, 11) is 3.11. The van der Waals surface area contributed by atoms with E-state index >= 15 is 0 Å². The van der Waals surface area contributed by atoms with Crippen LogP contribution < -0.4 is 4.67 Å². The number of hydrogen-bond donors (Lipinski definition) is 0. The van der Waals surface area contributed by atoms with E-state index < -0.39 is 0 Å². The lowest BCUT2D eigenvalue weighted by Gasteiger charge is -1.99. The van der Waals surface area contributed by atoms with Gasteiger partial charge in [0, 0.05) is 10.5 Å². The molecule has 0 fully saturated rings. The van der Waals surface area contributed by atoms with Crippen molar-refractivity contribution < 1.29 is 0 Å². The van der Waals surface area contributed by atoms with Crippen LogP contribution in [0.5, 0.6) is 0 Å². The molecule has 0 saturated carbocycles. The Kier molecular flexibility index (Phi) is 2.98. The second-order valence-electron chi connectivity index (χ2n) is 3.54. The van der Waals surface area contributed by atoms with Gasteiger partial charge >= 0.3 is 0 Å². The molecule has 0 saturated heterocycles. The predicted octanol–water partition coefficient (Wildman–Crippen LogP) is 3.36. The van der Waals surface area contributed by atoms with Crippen molar-refractivity contribution in [3.63, 3.8) is 0 Å². The van der Waals surface area contributed by atoms with Crippen LogP contribution >= 0.6 is 20.9 Å². The van der Waals surface area contributed by atoms with Gasteiger partial charge in [0.1, 0.15) is 4.67 Å². The third-order valence-corrected chi connectivity index (χ3v) is 4.06. The zero-order valence-electron chi connectivity index (χ0n) is 8.94. The molecule has 0 bridgehead atoms. The average Bonchev–Trinajstić information content (AvgIpc) is 2.57. The summed E-state index contributed by atoms with van der Waals surface area (Å²) in [5.41, 5.74) is 4.55. The van der Waals surface area contributed by atoms with E-state index in [-0.39, 0.29) is 0 Å². The molecule has 0 aliphatic carbocycles. The molecule has 0 aliphatic heterocycles. The SMILES string of the molecule is Cc1ccc(N=c2ssnc2C)c(C)c1. The lowest BCUT2D eigenvalue weighted by Crippen LogP contribution is -1.97. The Morgan fingerprint density at radius 1 is 1.20 bits per heavy atom. The lowest BCUT2D eigenvalue weighted by molar-refractivity contribution is 1.23. The van der Waals surface area contributed by atoms with Crippen molar-refractivity contribution >= 4 is 26.6 Å². The van der Waals surface area contributed by atoms with Gasteiger partial charge in [0.15, 0.2) is 0 Å². The molecular weight excluding hydrogens is 224 g/mol. The molecule has 1 heterocycles. The van der Waals surface area contributed by atoms with Gasteiger partial charge in [-0.3, -0.25) is 0 Å². The number of aryl methyl sites for hydroxylation is 3. The molecule has 0 N–H and O–H groups in total. The van der Waals surface area contributed by atoms with Crippen LogP contribution in [-0.2, 0) is 0 Å². The number of benzene rings is 1. The molecule has 1 aromatic heterocycles. The van der Waals surface area contributed by atoms with Crippen molar-refractivity contribution in [3.8, 4) is 0 Å². The predicted molar refractivity (Wildman–Crippen MR) is 65.9 cm³/mol. The second kappa shape index (κ2) is 4.24. The van der Waals surface area contributed by atoms with Crippen LogP contribution in [-0.4, -0.2) is 4.37 Å². The third-order valence-electron chi connectivity index (χ3n) is 2.17. The summed E-state index contributed by atoms with van der Waals surface area (Å²) in [5, 5.41) is 0. The molecule has 2 nitrogen and oxygen atoms in total. The van der Waals surface area contributed by atoms with Crippen LogP contribution in [0.1, 0.15) is 16.8 Å². The topological polar surface area (TPSA) is 25.2 Å². The minimum absolute atomic E-state index is 1.02. The van der Waals surface area contributed by atoms with E-state index in [1.807, 2.05) is 6.92 Å². The number of rotatable bonds is 1. The summed E-state index contributed by atoms with van der Waals surface area (Å²) in [6.45, 7) is 6.18. The highest BCUT2D eigenvalue weighted by atomic mass is 32.9. The van der Waals surface area contributed by atoms with Crippen molar-refractivity contribution in [2.24, 2.45) is 4.99 Å². The van der Waals surface area contributed by atoms with E-state index in [9.17, 15) is 0 Å². The van der Waals surface area contributed by atoms with Crippen LogP contribution in [0.2, 0.25) is 0 Å². The summed E-state index contributed by atoms with van der Waals surface area (Å²) < 4.78 is 5.25. The monoisotopic (exact) mass is 236 g/mol. The van der Waals surface area contributed by atoms with Gasteiger partial charge in [-0.2, -0.15) is 4.37 Å². The first-order valence-electron chi connectivity index (χ1n) is 4.71. The van der Waals surface area contributed by atoms with Crippen LogP contribution in [0.4, 0.5) is 5.69 Å². The molecule has 0 spiro atoms. The zero-order chi connectivity index (χ0) is 10.8. The first-order chi connectivity index (χ1) is 7.16. The number of aromatic nitrogens is 1. The van der Waals surface area contributed by atoms with E-state index in [1.165, 1.54) is 21.7 Å². The molecule has 2 aromatic rings. The maximum absolute atomic E-state index is 4.61. The van der Waals surface area contributed by atoms with Crippen LogP contribution in [0, 0.1) is 20.8 Å². The van der Waals surface area contributed by atoms with Crippen LogP contribution in [0.15, 0.2) is 23.2 Å². The van der Waals surface area contributed by atoms with Gasteiger partial charge in [0.05, 0.1) is 11.4 Å². The van der Waals surface area contributed by atoms with Crippen molar-refractivity contribution in [1.82, 2.24) is 4.37 Å². The van der Waals surface area contributed by atoms with Gasteiger partial charge in [0.2, 0.25) is 0 Å². The van der Waals surface area contributed by atoms with Gasteiger partial charge in [-0.1, -0.05) is 17.7 Å². The Bertz CT molecular complexity index is 538. The Balaban J connectivity index is 2.53. The van der Waals surface area contributed by atoms with E-state index in [0.29, 0.717) is 0 Å². The Hall–Kier alpha value is -1.00. The first kappa shape index (κ1) is 10.5. The van der Waals surface area contributed by atoms with E-state index in [0.717, 1.165) is 16.1 Å². The minimum Gasteiger partial charge on any atom is -0.235 e. The standard InChI is InChI=1S/C11H12N2S2/c1-7-4-5-10(8(2)6-7)12-11-9(3)13-15-14-11/h4-6H,1-3H3. The summed E-state index contributed by atoms with van der Waals surface area (Å²) in [6, 6.07) is 6.30. The maximum Gasteiger partial charge on any atom is 0.150 e. The van der Waals surface area contributed by atoms with Crippen molar-refractivity contribution in [3.05, 3.63) is 39.7 Å². The highest BCUT2D eigenvalue weighted by molar-refractivity contribution is 7.66. The largest absolute Gasteiger partial charge is 0.235 e. The molecule has 15 heavy (non-hydrogen) atoms. The molecule has 4 heteroatoms. The van der Waals surface area contributed by atoms with Crippen LogP contribution in [0.3, 0.4) is 0 Å². The molecule has 0 atom stereocenters. The first-order valence-corrected chi connectivity index (χ1v) is 6.82. The Morgan fingerprint density at radius 3 is 2.60 bits per heavy atom. The van der Waals surface area contributed by atoms with Gasteiger partial charge in [-0.15, -0.1) is 0 Å². The fraction of sp³-hybridized carbons (Fsp3) is 0.273. The van der Waals surface area contributed by atoms with Crippen molar-refractivity contribution in [2.45, 2.75) is 20.8 Å². The molecular formula is C11H12N2S2. The summed E-state index contributed by atoms with van der Waals surface area (Å²) >= 11 is 0. The Morgan fingerprint density at radius 2 is 2.00 bits per heavy atom. The van der Waals surface area contributed by atoms with E-state index in [1.54, 1.807) is 10.3 Å². The summed E-state index contributed by atoms with van der Waals surface area (Å²) in [6.07, 6.45) is 0. The molecule has 0 aliphatic rings. The highest BCUT2D eigenvalue weighted by Gasteiger charge is 1.98. The summed E-state index contributed by atoms with van der Waals surface area (Å²) in [4.78, 5) is 4.61. The molecule has 2 rings (SSSR count). The van der Waals surface area contributed by atoms with Crippen LogP contribution in [0.25, 0.3) is 0 Å². The van der Waals surface area contributed by atoms with Gasteiger partial charge in [-0.05, 0) is 42.7 Å². The van der Waals surface area contributed by atoms with Crippen molar-refractivity contribution in [1.29, 1.82) is 0 Å². The van der Waals surface area contributed by atoms with Gasteiger partial charge in [-0.25, -0.2) is 4.99 Å². The fourth-order valence-electron chi connectivity index (χ4n) is 1.35. The van der Waals surface area contributed by atoms with Gasteiger partial charge < -0.3 is 0 Å². The molecule has 0 unspecified atom stereocenters. The Labute approximate surface area is 96.5 Å². The normalized spacial score (nSPS) is 12.1. The number of hydrogen-bond acceptors (Lipinski definition) is 4. The molecule has 0 radical (unpaired) electrons. The van der Waals surface area contributed by atoms with Crippen molar-refractivity contribution in [2.75, 3.05) is 0 Å². The molecule has 0 amide bonds. The van der Waals surface area contributed by atoms with E-state index in [2.05, 4.69) is 41.4 Å². The zero-order valence-corrected chi connectivity index (χ0v) is 10.6. The smallest absolute Gasteiger partial charge is 0.150 e. The molecule has 1 aromatic carbocycles. The lowest BCUT2D eigenvalue weighted by atomic mass is 10.1. The highest BCUT2D eigenvalue weighted by Crippen LogP contribution is 2.19. The average molecular weight is 236 g/mol. The summed E-state index contributed by atoms with van der Waals surface area (Å²) in [5.74, 6) is 0. The maximum atomic E-state index is 4.61. The molecule has 78 valence electrons. The fourth-order valence-corrected chi connectivity index (χ4v) is 3.15. The number of nitrogens with zero attached hydrogens (tertiary/aromatic N) is 2. The quantitative estimate of drug-likeness (QED) is 0.697. The van der Waals surface area contributed by atoms with E-state index in [4.69, 9.17) is 0 Å².